The fraction of sp³-hybridized carbons (Fsp3) is 0.467. The minimum absolute atomic E-state index is 0.732. The van der Waals surface area contributed by atoms with E-state index in [1.54, 1.807) is 7.11 Å². The van der Waals surface area contributed by atoms with Gasteiger partial charge in [0.05, 0.1) is 12.1 Å². The van der Waals surface area contributed by atoms with Gasteiger partial charge >= 0.3 is 0 Å². The summed E-state index contributed by atoms with van der Waals surface area (Å²) in [5, 5.41) is 4.14. The Morgan fingerprint density at radius 1 is 1.39 bits per heavy atom. The molecule has 0 aliphatic heterocycles. The largest absolute Gasteiger partial charge is 0.496 e. The topological polar surface area (TPSA) is 21.3 Å². The Bertz CT molecular complexity index is 401. The van der Waals surface area contributed by atoms with Gasteiger partial charge in [0.25, 0.3) is 0 Å². The summed E-state index contributed by atoms with van der Waals surface area (Å²) in [6, 6.07) is 5.73. The lowest BCUT2D eigenvalue weighted by Crippen LogP contribution is -2.17. The molecule has 0 spiro atoms. The van der Waals surface area contributed by atoms with E-state index in [4.69, 9.17) is 16.3 Å². The first kappa shape index (κ1) is 15.1. The van der Waals surface area contributed by atoms with Crippen LogP contribution in [0.3, 0.4) is 0 Å². The molecular weight excluding hydrogens is 246 g/mol. The molecule has 0 fully saturated rings. The third kappa shape index (κ3) is 4.35. The standard InChI is InChI=1S/C15H22ClNO/c1-4-9-17-11-12(5-2)10-13-14(16)7-6-8-15(13)18-3/h6-8,10,17H,4-5,9,11H2,1-3H3/b12-10+. The summed E-state index contributed by atoms with van der Waals surface area (Å²) in [6.07, 6.45) is 4.28. The molecule has 0 heterocycles. The maximum Gasteiger partial charge on any atom is 0.127 e. The number of ether oxygens (including phenoxy) is 1. The van der Waals surface area contributed by atoms with Crippen LogP contribution >= 0.6 is 11.6 Å². The first-order chi connectivity index (χ1) is 8.72. The fourth-order valence-electron chi connectivity index (χ4n) is 1.74. The van der Waals surface area contributed by atoms with Gasteiger partial charge in [-0.05, 0) is 37.6 Å². The molecule has 0 atom stereocenters. The summed E-state index contributed by atoms with van der Waals surface area (Å²) in [4.78, 5) is 0. The SMILES string of the molecule is CCCNC/C(=C/c1c(Cl)cccc1OC)CC. The summed E-state index contributed by atoms with van der Waals surface area (Å²) >= 11 is 6.23. The maximum absolute atomic E-state index is 6.23. The molecule has 0 bridgehead atoms. The third-order valence-electron chi connectivity index (χ3n) is 2.81. The van der Waals surface area contributed by atoms with Gasteiger partial charge in [0.2, 0.25) is 0 Å². The molecule has 1 N–H and O–H groups in total. The van der Waals surface area contributed by atoms with Gasteiger partial charge < -0.3 is 10.1 Å². The van der Waals surface area contributed by atoms with E-state index in [0.717, 1.165) is 42.3 Å². The van der Waals surface area contributed by atoms with Crippen molar-refractivity contribution < 1.29 is 4.74 Å². The first-order valence-corrected chi connectivity index (χ1v) is 6.83. The Morgan fingerprint density at radius 2 is 2.17 bits per heavy atom. The third-order valence-corrected chi connectivity index (χ3v) is 3.14. The highest BCUT2D eigenvalue weighted by molar-refractivity contribution is 6.32. The average Bonchev–Trinajstić information content (AvgIpc) is 2.39. The summed E-state index contributed by atoms with van der Waals surface area (Å²) in [6.45, 7) is 6.26. The summed E-state index contributed by atoms with van der Waals surface area (Å²) in [5.74, 6) is 0.823. The number of hydrogen-bond donors (Lipinski definition) is 1. The van der Waals surface area contributed by atoms with Crippen LogP contribution in [-0.2, 0) is 0 Å². The van der Waals surface area contributed by atoms with Crippen LogP contribution < -0.4 is 10.1 Å². The number of rotatable bonds is 7. The monoisotopic (exact) mass is 267 g/mol. The lowest BCUT2D eigenvalue weighted by molar-refractivity contribution is 0.414. The molecule has 0 aromatic heterocycles. The highest BCUT2D eigenvalue weighted by atomic mass is 35.5. The summed E-state index contributed by atoms with van der Waals surface area (Å²) in [7, 11) is 1.67. The van der Waals surface area contributed by atoms with Gasteiger partial charge in [0, 0.05) is 12.1 Å². The Hall–Kier alpha value is -0.990. The molecule has 3 heteroatoms. The van der Waals surface area contributed by atoms with E-state index in [-0.39, 0.29) is 0 Å². The van der Waals surface area contributed by atoms with Gasteiger partial charge in [-0.15, -0.1) is 0 Å². The lowest BCUT2D eigenvalue weighted by atomic mass is 10.1. The van der Waals surface area contributed by atoms with Crippen LogP contribution in [-0.4, -0.2) is 20.2 Å². The highest BCUT2D eigenvalue weighted by Crippen LogP contribution is 2.28. The molecule has 0 saturated carbocycles. The Balaban J connectivity index is 2.90. The summed E-state index contributed by atoms with van der Waals surface area (Å²) < 4.78 is 5.35. The fourth-order valence-corrected chi connectivity index (χ4v) is 1.96. The second-order valence-electron chi connectivity index (χ2n) is 4.19. The molecule has 1 aromatic carbocycles. The van der Waals surface area contributed by atoms with E-state index in [0.29, 0.717) is 0 Å². The predicted octanol–water partition coefficient (Wildman–Crippen LogP) is 4.14. The first-order valence-electron chi connectivity index (χ1n) is 6.45. The molecule has 0 amide bonds. The van der Waals surface area contributed by atoms with Gasteiger partial charge in [0.1, 0.15) is 5.75 Å². The Morgan fingerprint density at radius 3 is 2.78 bits per heavy atom. The highest BCUT2D eigenvalue weighted by Gasteiger charge is 2.06. The second-order valence-corrected chi connectivity index (χ2v) is 4.60. The van der Waals surface area contributed by atoms with Crippen LogP contribution in [0, 0.1) is 0 Å². The molecule has 1 rings (SSSR count). The van der Waals surface area contributed by atoms with Gasteiger partial charge in [0.15, 0.2) is 0 Å². The van der Waals surface area contributed by atoms with Crippen LogP contribution in [0.1, 0.15) is 32.3 Å². The molecule has 0 saturated heterocycles. The van der Waals surface area contributed by atoms with E-state index in [1.807, 2.05) is 18.2 Å². The van der Waals surface area contributed by atoms with E-state index in [1.165, 1.54) is 5.57 Å². The van der Waals surface area contributed by atoms with Crippen LogP contribution in [0.25, 0.3) is 6.08 Å². The molecule has 0 aliphatic carbocycles. The van der Waals surface area contributed by atoms with Crippen LogP contribution in [0.15, 0.2) is 23.8 Å². The van der Waals surface area contributed by atoms with E-state index in [2.05, 4.69) is 25.2 Å². The number of halogens is 1. The van der Waals surface area contributed by atoms with Gasteiger partial charge in [-0.25, -0.2) is 0 Å². The molecule has 1 aromatic rings. The van der Waals surface area contributed by atoms with Crippen LogP contribution in [0.5, 0.6) is 5.75 Å². The van der Waals surface area contributed by atoms with Gasteiger partial charge in [-0.1, -0.05) is 37.1 Å². The molecule has 0 radical (unpaired) electrons. The molecule has 0 aliphatic rings. The quantitative estimate of drug-likeness (QED) is 0.750. The number of benzene rings is 1. The van der Waals surface area contributed by atoms with Crippen LogP contribution in [0.4, 0.5) is 0 Å². The minimum atomic E-state index is 0.732. The van der Waals surface area contributed by atoms with Crippen molar-refractivity contribution in [2.75, 3.05) is 20.2 Å². The number of methoxy groups -OCH3 is 1. The zero-order chi connectivity index (χ0) is 13.4. The van der Waals surface area contributed by atoms with E-state index < -0.39 is 0 Å². The van der Waals surface area contributed by atoms with E-state index in [9.17, 15) is 0 Å². The van der Waals surface area contributed by atoms with Gasteiger partial charge in [-0.3, -0.25) is 0 Å². The number of nitrogens with one attached hydrogen (secondary N) is 1. The zero-order valence-electron chi connectivity index (χ0n) is 11.4. The molecule has 0 unspecified atom stereocenters. The average molecular weight is 268 g/mol. The minimum Gasteiger partial charge on any atom is -0.496 e. The van der Waals surface area contributed by atoms with Gasteiger partial charge in [-0.2, -0.15) is 0 Å². The molecule has 2 nitrogen and oxygen atoms in total. The van der Waals surface area contributed by atoms with E-state index >= 15 is 0 Å². The molecule has 100 valence electrons. The van der Waals surface area contributed by atoms with Crippen molar-refractivity contribution in [1.82, 2.24) is 5.32 Å². The van der Waals surface area contributed by atoms with Crippen molar-refractivity contribution in [2.45, 2.75) is 26.7 Å². The van der Waals surface area contributed by atoms with Crippen molar-refractivity contribution in [3.05, 3.63) is 34.4 Å². The van der Waals surface area contributed by atoms with Crippen molar-refractivity contribution in [1.29, 1.82) is 0 Å². The Labute approximate surface area is 115 Å². The van der Waals surface area contributed by atoms with Crippen molar-refractivity contribution in [3.8, 4) is 5.75 Å². The Kier molecular flexibility index (Phi) is 6.84. The summed E-state index contributed by atoms with van der Waals surface area (Å²) in [5.41, 5.74) is 2.30. The predicted molar refractivity (Wildman–Crippen MR) is 79.4 cm³/mol. The zero-order valence-corrected chi connectivity index (χ0v) is 12.2. The molecule has 18 heavy (non-hydrogen) atoms. The second kappa shape index (κ2) is 8.17. The smallest absolute Gasteiger partial charge is 0.127 e. The maximum atomic E-state index is 6.23. The number of hydrogen-bond acceptors (Lipinski definition) is 2. The normalized spacial score (nSPS) is 11.7. The van der Waals surface area contributed by atoms with Crippen molar-refractivity contribution in [3.63, 3.8) is 0 Å². The van der Waals surface area contributed by atoms with Crippen molar-refractivity contribution >= 4 is 17.7 Å². The molecular formula is C15H22ClNO. The van der Waals surface area contributed by atoms with Crippen molar-refractivity contribution in [2.24, 2.45) is 0 Å². The lowest BCUT2D eigenvalue weighted by Gasteiger charge is -2.10. The van der Waals surface area contributed by atoms with Crippen LogP contribution in [0.2, 0.25) is 5.02 Å².